The fraction of sp³-hybridized carbons (Fsp3) is 0.364. The van der Waals surface area contributed by atoms with Gasteiger partial charge in [-0.2, -0.15) is 0 Å². The second-order valence-electron chi connectivity index (χ2n) is 3.71. The standard InChI is InChI=1S/C11H14N2O2/c14-10-4-2-1-3-8(10)6-12-9-5-11(15)13-7-9/h1-4,9,12,14H,5-7H2,(H,13,15). The van der Waals surface area contributed by atoms with Crippen molar-refractivity contribution in [3.63, 3.8) is 0 Å². The third kappa shape index (κ3) is 2.47. The van der Waals surface area contributed by atoms with Gasteiger partial charge < -0.3 is 15.7 Å². The van der Waals surface area contributed by atoms with Gasteiger partial charge in [0.2, 0.25) is 5.91 Å². The van der Waals surface area contributed by atoms with E-state index in [2.05, 4.69) is 10.6 Å². The lowest BCUT2D eigenvalue weighted by molar-refractivity contribution is -0.119. The molecule has 1 heterocycles. The number of aromatic hydroxyl groups is 1. The van der Waals surface area contributed by atoms with Gasteiger partial charge in [-0.1, -0.05) is 18.2 Å². The first-order valence-corrected chi connectivity index (χ1v) is 5.02. The molecular formula is C11H14N2O2. The number of hydrogen-bond donors (Lipinski definition) is 3. The first kappa shape index (κ1) is 9.98. The van der Waals surface area contributed by atoms with E-state index in [1.54, 1.807) is 12.1 Å². The van der Waals surface area contributed by atoms with Gasteiger partial charge in [-0.15, -0.1) is 0 Å². The monoisotopic (exact) mass is 206 g/mol. The van der Waals surface area contributed by atoms with Gasteiger partial charge in [0.25, 0.3) is 0 Å². The van der Waals surface area contributed by atoms with Crippen LogP contribution in [0.3, 0.4) is 0 Å². The molecule has 1 aromatic carbocycles. The Labute approximate surface area is 88.3 Å². The highest BCUT2D eigenvalue weighted by Crippen LogP contribution is 2.15. The Morgan fingerprint density at radius 2 is 2.27 bits per heavy atom. The van der Waals surface area contributed by atoms with Crippen LogP contribution < -0.4 is 10.6 Å². The molecule has 0 saturated carbocycles. The number of nitrogens with one attached hydrogen (secondary N) is 2. The minimum Gasteiger partial charge on any atom is -0.508 e. The minimum atomic E-state index is 0.0878. The highest BCUT2D eigenvalue weighted by Gasteiger charge is 2.20. The van der Waals surface area contributed by atoms with Crippen molar-refractivity contribution in [1.82, 2.24) is 10.6 Å². The van der Waals surface area contributed by atoms with Crippen molar-refractivity contribution in [2.75, 3.05) is 6.54 Å². The van der Waals surface area contributed by atoms with Crippen LogP contribution in [0.1, 0.15) is 12.0 Å². The van der Waals surface area contributed by atoms with Gasteiger partial charge in [-0.3, -0.25) is 4.79 Å². The molecule has 2 rings (SSSR count). The molecule has 1 unspecified atom stereocenters. The maximum Gasteiger partial charge on any atom is 0.221 e. The molecule has 1 aliphatic heterocycles. The number of amides is 1. The largest absolute Gasteiger partial charge is 0.508 e. The molecule has 1 saturated heterocycles. The van der Waals surface area contributed by atoms with E-state index in [0.717, 1.165) is 5.56 Å². The summed E-state index contributed by atoms with van der Waals surface area (Å²) in [5.41, 5.74) is 0.858. The lowest BCUT2D eigenvalue weighted by Crippen LogP contribution is -2.30. The molecule has 4 nitrogen and oxygen atoms in total. The van der Waals surface area contributed by atoms with Crippen LogP contribution in [0.15, 0.2) is 24.3 Å². The smallest absolute Gasteiger partial charge is 0.221 e. The highest BCUT2D eigenvalue weighted by molar-refractivity contribution is 5.78. The number of carbonyl (C=O) groups excluding carboxylic acids is 1. The fourth-order valence-corrected chi connectivity index (χ4v) is 1.66. The molecular weight excluding hydrogens is 192 g/mol. The topological polar surface area (TPSA) is 61.4 Å². The van der Waals surface area contributed by atoms with Crippen LogP contribution in [0, 0.1) is 0 Å². The molecule has 1 aliphatic rings. The maximum atomic E-state index is 10.9. The normalized spacial score (nSPS) is 20.3. The lowest BCUT2D eigenvalue weighted by atomic mass is 10.2. The van der Waals surface area contributed by atoms with Crippen molar-refractivity contribution in [3.8, 4) is 5.75 Å². The van der Waals surface area contributed by atoms with Crippen LogP contribution in [0.2, 0.25) is 0 Å². The van der Waals surface area contributed by atoms with Gasteiger partial charge in [-0.05, 0) is 6.07 Å². The Bertz CT molecular complexity index is 365. The van der Waals surface area contributed by atoms with Crippen LogP contribution in [0.25, 0.3) is 0 Å². The van der Waals surface area contributed by atoms with E-state index >= 15 is 0 Å². The second-order valence-corrected chi connectivity index (χ2v) is 3.71. The van der Waals surface area contributed by atoms with E-state index in [0.29, 0.717) is 25.3 Å². The Hall–Kier alpha value is -1.55. The van der Waals surface area contributed by atoms with Crippen molar-refractivity contribution in [2.45, 2.75) is 19.0 Å². The summed E-state index contributed by atoms with van der Waals surface area (Å²) in [6.45, 7) is 1.26. The molecule has 0 aromatic heterocycles. The Kier molecular flexibility index (Phi) is 2.87. The number of phenols is 1. The summed E-state index contributed by atoms with van der Waals surface area (Å²) in [6.07, 6.45) is 0.521. The zero-order chi connectivity index (χ0) is 10.7. The molecule has 0 aliphatic carbocycles. The van der Waals surface area contributed by atoms with Crippen molar-refractivity contribution >= 4 is 5.91 Å². The van der Waals surface area contributed by atoms with Crippen LogP contribution in [0.4, 0.5) is 0 Å². The van der Waals surface area contributed by atoms with Crippen LogP contribution in [-0.2, 0) is 11.3 Å². The Morgan fingerprint density at radius 3 is 2.93 bits per heavy atom. The predicted octanol–water partition coefficient (Wildman–Crippen LogP) is 0.370. The van der Waals surface area contributed by atoms with Gasteiger partial charge in [0, 0.05) is 31.1 Å². The maximum absolute atomic E-state index is 10.9. The summed E-state index contributed by atoms with van der Waals surface area (Å²) in [5, 5.41) is 15.5. The molecule has 1 aromatic rings. The number of hydrogen-bond acceptors (Lipinski definition) is 3. The number of rotatable bonds is 3. The summed E-state index contributed by atoms with van der Waals surface area (Å²) in [5.74, 6) is 0.382. The summed E-state index contributed by atoms with van der Waals surface area (Å²) < 4.78 is 0. The van der Waals surface area contributed by atoms with Crippen molar-refractivity contribution < 1.29 is 9.90 Å². The molecule has 0 spiro atoms. The lowest BCUT2D eigenvalue weighted by Gasteiger charge is -2.10. The zero-order valence-electron chi connectivity index (χ0n) is 8.36. The van der Waals surface area contributed by atoms with Gasteiger partial charge in [0.1, 0.15) is 5.75 Å². The molecule has 1 amide bonds. The van der Waals surface area contributed by atoms with Crippen molar-refractivity contribution in [1.29, 1.82) is 0 Å². The first-order chi connectivity index (χ1) is 7.25. The van der Waals surface area contributed by atoms with Crippen LogP contribution in [0.5, 0.6) is 5.75 Å². The molecule has 80 valence electrons. The van der Waals surface area contributed by atoms with Gasteiger partial charge in [0.15, 0.2) is 0 Å². The van der Waals surface area contributed by atoms with E-state index in [4.69, 9.17) is 0 Å². The van der Waals surface area contributed by atoms with E-state index in [1.807, 2.05) is 12.1 Å². The summed E-state index contributed by atoms with van der Waals surface area (Å²) >= 11 is 0. The SMILES string of the molecule is O=C1CC(NCc2ccccc2O)CN1. The molecule has 1 atom stereocenters. The fourth-order valence-electron chi connectivity index (χ4n) is 1.66. The number of phenolic OH excluding ortho intramolecular Hbond substituents is 1. The molecule has 0 bridgehead atoms. The number of benzene rings is 1. The number of para-hydroxylation sites is 1. The van der Waals surface area contributed by atoms with E-state index in [1.165, 1.54) is 0 Å². The van der Waals surface area contributed by atoms with Crippen molar-refractivity contribution in [3.05, 3.63) is 29.8 Å². The molecule has 1 fully saturated rings. The predicted molar refractivity (Wildman–Crippen MR) is 56.4 cm³/mol. The minimum absolute atomic E-state index is 0.0878. The third-order valence-electron chi connectivity index (χ3n) is 2.55. The Balaban J connectivity index is 1.88. The molecule has 15 heavy (non-hydrogen) atoms. The zero-order valence-corrected chi connectivity index (χ0v) is 8.36. The quantitative estimate of drug-likeness (QED) is 0.669. The van der Waals surface area contributed by atoms with E-state index < -0.39 is 0 Å². The van der Waals surface area contributed by atoms with Crippen LogP contribution >= 0.6 is 0 Å². The summed E-state index contributed by atoms with van der Waals surface area (Å²) in [6, 6.07) is 7.38. The summed E-state index contributed by atoms with van der Waals surface area (Å²) in [7, 11) is 0. The molecule has 3 N–H and O–H groups in total. The van der Waals surface area contributed by atoms with Gasteiger partial charge in [-0.25, -0.2) is 0 Å². The van der Waals surface area contributed by atoms with E-state index in [9.17, 15) is 9.90 Å². The molecule has 0 radical (unpaired) electrons. The summed E-state index contributed by atoms with van der Waals surface area (Å²) in [4.78, 5) is 10.9. The van der Waals surface area contributed by atoms with Gasteiger partial charge in [0.05, 0.1) is 0 Å². The Morgan fingerprint density at radius 1 is 1.47 bits per heavy atom. The van der Waals surface area contributed by atoms with Crippen molar-refractivity contribution in [2.24, 2.45) is 0 Å². The van der Waals surface area contributed by atoms with Crippen LogP contribution in [-0.4, -0.2) is 23.6 Å². The van der Waals surface area contributed by atoms with Gasteiger partial charge >= 0.3 is 0 Å². The van der Waals surface area contributed by atoms with E-state index in [-0.39, 0.29) is 11.9 Å². The number of carbonyl (C=O) groups is 1. The highest BCUT2D eigenvalue weighted by atomic mass is 16.3. The average molecular weight is 206 g/mol. The first-order valence-electron chi connectivity index (χ1n) is 5.02. The second kappa shape index (κ2) is 4.31. The third-order valence-corrected chi connectivity index (χ3v) is 2.55. The average Bonchev–Trinajstić information content (AvgIpc) is 2.63. The molecule has 4 heteroatoms.